The van der Waals surface area contributed by atoms with Crippen LogP contribution < -0.4 is 132 Å². The van der Waals surface area contributed by atoms with E-state index >= 15 is 0 Å². The van der Waals surface area contributed by atoms with Crippen molar-refractivity contribution < 1.29 is 171 Å². The number of aliphatic hydroxyl groups excluding tert-OH is 1. The van der Waals surface area contributed by atoms with Crippen LogP contribution in [0.5, 0.6) is 0 Å². The molecule has 0 radical (unpaired) electrons. The van der Waals surface area contributed by atoms with Crippen LogP contribution in [0, 0.1) is 10.1 Å². The summed E-state index contributed by atoms with van der Waals surface area (Å²) >= 11 is 0. The van der Waals surface area contributed by atoms with Crippen LogP contribution in [0.2, 0.25) is 0 Å². The molecule has 9 nitrogen and oxygen atoms in total. The molecule has 0 heterocycles. The van der Waals surface area contributed by atoms with Gasteiger partial charge in [0.15, 0.2) is 6.10 Å². The van der Waals surface area contributed by atoms with E-state index in [1.54, 1.807) is 0 Å². The number of carbonyl (C=O) groups is 2. The van der Waals surface area contributed by atoms with Gasteiger partial charge in [-0.15, -0.1) is 10.1 Å². The maximum absolute atomic E-state index is 10.1. The number of aliphatic hydroxyl groups is 1. The minimum absolute atomic E-state index is 0. The van der Waals surface area contributed by atoms with E-state index in [4.69, 9.17) is 15.3 Å². The molecule has 0 aliphatic carbocycles. The van der Waals surface area contributed by atoms with Gasteiger partial charge in [-0.2, -0.15) is 0 Å². The molecule has 3 N–H and O–H groups in total. The number of hydrogen-bond donors (Lipinski definition) is 3. The van der Waals surface area contributed by atoms with Gasteiger partial charge in [-0.05, 0) is 0 Å². The van der Waals surface area contributed by atoms with Crippen LogP contribution in [0.15, 0.2) is 0 Å². The number of carboxylic acids is 2. The second kappa shape index (κ2) is 13.8. The number of carboxylic acid groups (broad SMARTS) is 2. The quantitative estimate of drug-likeness (QED) is 0.257. The maximum Gasteiger partial charge on any atom is 1.00 e. The van der Waals surface area contributed by atoms with Crippen LogP contribution in [0.4, 0.5) is 0 Å². The Labute approximate surface area is 201 Å². The van der Waals surface area contributed by atoms with Gasteiger partial charge in [0.1, 0.15) is 0 Å². The first-order chi connectivity index (χ1) is 5.86. The van der Waals surface area contributed by atoms with Crippen molar-refractivity contribution >= 4 is 11.9 Å². The van der Waals surface area contributed by atoms with Crippen molar-refractivity contribution in [3.63, 3.8) is 0 Å². The van der Waals surface area contributed by atoms with E-state index in [9.17, 15) is 19.7 Å². The SMILES string of the molecule is O=C(O)C(O)C(O[N+](=O)[O-])C(=O)O.[H-].[H-].[H-].[K+].[K+].[Na+]. The van der Waals surface area contributed by atoms with E-state index in [0.717, 1.165) is 0 Å². The third-order valence-electron chi connectivity index (χ3n) is 0.983. The first-order valence-corrected chi connectivity index (χ1v) is 2.81. The largest absolute Gasteiger partial charge is 1.00 e. The van der Waals surface area contributed by atoms with Crippen LogP contribution in [-0.4, -0.2) is 44.6 Å². The van der Waals surface area contributed by atoms with Gasteiger partial charge in [0, 0.05) is 0 Å². The summed E-state index contributed by atoms with van der Waals surface area (Å²) in [6.45, 7) is 0. The van der Waals surface area contributed by atoms with Crippen LogP contribution >= 0.6 is 0 Å². The van der Waals surface area contributed by atoms with E-state index < -0.39 is 29.2 Å². The summed E-state index contributed by atoms with van der Waals surface area (Å²) in [4.78, 5) is 33.2. The van der Waals surface area contributed by atoms with Crippen LogP contribution in [0.25, 0.3) is 0 Å². The molecule has 0 amide bonds. The van der Waals surface area contributed by atoms with Gasteiger partial charge in [0.05, 0.1) is 0 Å². The number of rotatable bonds is 5. The maximum atomic E-state index is 10.1. The predicted octanol–water partition coefficient (Wildman–Crippen LogP) is -10.6. The van der Waals surface area contributed by atoms with Gasteiger partial charge in [-0.25, -0.2) is 9.59 Å². The van der Waals surface area contributed by atoms with Gasteiger partial charge < -0.3 is 19.6 Å². The Morgan fingerprint density at radius 1 is 1.25 bits per heavy atom. The Kier molecular flexibility index (Phi) is 23.1. The summed E-state index contributed by atoms with van der Waals surface area (Å²) in [5.74, 6) is -3.86. The van der Waals surface area contributed by atoms with Crippen molar-refractivity contribution in [2.45, 2.75) is 12.2 Å². The van der Waals surface area contributed by atoms with E-state index in [1.807, 2.05) is 0 Å². The van der Waals surface area contributed by atoms with Gasteiger partial charge in [-0.3, -0.25) is 4.84 Å². The Morgan fingerprint density at radius 2 is 1.62 bits per heavy atom. The molecule has 0 saturated heterocycles. The average Bonchev–Trinajstić information content (AvgIpc) is 1.97. The number of hydrogen-bond acceptors (Lipinski definition) is 6. The molecule has 2 unspecified atom stereocenters. The second-order valence-electron chi connectivity index (χ2n) is 1.87. The third kappa shape index (κ3) is 11.5. The molecule has 0 bridgehead atoms. The fraction of sp³-hybridized carbons (Fsp3) is 0.500. The molecule has 16 heavy (non-hydrogen) atoms. The molecule has 0 aromatic rings. The van der Waals surface area contributed by atoms with Crippen molar-refractivity contribution in [2.75, 3.05) is 0 Å². The summed E-state index contributed by atoms with van der Waals surface area (Å²) in [7, 11) is 0. The number of aliphatic carboxylic acids is 2. The smallest absolute Gasteiger partial charge is 1.00 e. The molecule has 0 saturated carbocycles. The summed E-state index contributed by atoms with van der Waals surface area (Å²) in [5, 5.41) is 33.0. The Hall–Kier alpha value is 2.37. The molecule has 0 spiro atoms. The fourth-order valence-electron chi connectivity index (χ4n) is 0.460. The Balaban J connectivity index is -0.0000000480. The molecule has 12 heteroatoms. The molecular weight excluding hydrogens is 291 g/mol. The second-order valence-corrected chi connectivity index (χ2v) is 1.87. The standard InChI is InChI=1S/C4H5NO8.2K.Na.3H/c6-1(3(7)8)2(4(9)10)13-5(11)12;;;;;;/h1-2,6H,(H,7,8)(H,9,10);;;;;;/q;3*+1;3*-1. The zero-order chi connectivity index (χ0) is 10.6. The van der Waals surface area contributed by atoms with Crippen molar-refractivity contribution in [2.24, 2.45) is 0 Å². The average molecular weight is 299 g/mol. The zero-order valence-electron chi connectivity index (χ0n) is 12.0. The third-order valence-corrected chi connectivity index (χ3v) is 0.983. The fourth-order valence-corrected chi connectivity index (χ4v) is 0.460. The first kappa shape index (κ1) is 26.8. The molecule has 0 aromatic carbocycles. The number of nitrogens with zero attached hydrogens (tertiary/aromatic N) is 1. The minimum Gasteiger partial charge on any atom is -1.00 e. The van der Waals surface area contributed by atoms with Crippen LogP contribution in [-0.2, 0) is 14.4 Å². The summed E-state index contributed by atoms with van der Waals surface area (Å²) in [5.41, 5.74) is 0. The van der Waals surface area contributed by atoms with Crippen molar-refractivity contribution in [3.8, 4) is 0 Å². The normalized spacial score (nSPS) is 11.6. The van der Waals surface area contributed by atoms with Gasteiger partial charge >= 0.3 is 144 Å². The van der Waals surface area contributed by atoms with Crippen LogP contribution in [0.1, 0.15) is 4.28 Å². The Bertz CT molecular complexity index is 262. The van der Waals surface area contributed by atoms with E-state index in [0.29, 0.717) is 0 Å². The summed E-state index contributed by atoms with van der Waals surface area (Å²) in [6, 6.07) is 0. The molecule has 0 rings (SSSR count). The topological polar surface area (TPSA) is 147 Å². The van der Waals surface area contributed by atoms with E-state index in [-0.39, 0.29) is 137 Å². The van der Waals surface area contributed by atoms with E-state index in [2.05, 4.69) is 4.84 Å². The monoisotopic (exact) mass is 299 g/mol. The molecule has 80 valence electrons. The zero-order valence-corrected chi connectivity index (χ0v) is 17.2. The van der Waals surface area contributed by atoms with Crippen molar-refractivity contribution in [3.05, 3.63) is 10.1 Å². The van der Waals surface area contributed by atoms with Crippen molar-refractivity contribution in [1.29, 1.82) is 0 Å². The molecule has 0 aromatic heterocycles. The van der Waals surface area contributed by atoms with Crippen LogP contribution in [0.3, 0.4) is 0 Å². The summed E-state index contributed by atoms with van der Waals surface area (Å²) in [6.07, 6.45) is -4.91. The minimum atomic E-state index is -2.48. The van der Waals surface area contributed by atoms with Gasteiger partial charge in [-0.1, -0.05) is 0 Å². The molecular formula is C4H8K2NNaO8. The van der Waals surface area contributed by atoms with Gasteiger partial charge in [0.2, 0.25) is 6.10 Å². The predicted molar refractivity (Wildman–Crippen MR) is 36.5 cm³/mol. The molecule has 0 aliphatic heterocycles. The Morgan fingerprint density at radius 3 is 1.81 bits per heavy atom. The first-order valence-electron chi connectivity index (χ1n) is 2.81. The van der Waals surface area contributed by atoms with Crippen molar-refractivity contribution in [1.82, 2.24) is 0 Å². The summed E-state index contributed by atoms with van der Waals surface area (Å²) < 4.78 is 0. The molecule has 0 fully saturated rings. The van der Waals surface area contributed by atoms with E-state index in [1.165, 1.54) is 0 Å². The van der Waals surface area contributed by atoms with Gasteiger partial charge in [0.25, 0.3) is 5.09 Å². The molecule has 0 aliphatic rings. The molecule has 2 atom stereocenters.